The minimum atomic E-state index is -0.599. The minimum absolute atomic E-state index is 0.0261. The van der Waals surface area contributed by atoms with Crippen LogP contribution in [0.15, 0.2) is 162 Å². The number of ether oxygens (including phenoxy) is 1. The molecule has 0 aliphatic carbocycles. The molecule has 1 N–H and O–H groups in total. The lowest BCUT2D eigenvalue weighted by molar-refractivity contribution is 0.0391. The summed E-state index contributed by atoms with van der Waals surface area (Å²) in [4.78, 5) is 49.1. The van der Waals surface area contributed by atoms with Crippen molar-refractivity contribution in [1.82, 2.24) is 4.57 Å². The van der Waals surface area contributed by atoms with Crippen molar-refractivity contribution in [2.75, 3.05) is 5.32 Å². The van der Waals surface area contributed by atoms with Crippen molar-refractivity contribution in [1.29, 1.82) is 0 Å². The number of fused-ring (bicyclic) bond motifs is 2. The standard InChI is InChI=1S/C40H45NO3.C28H43N.C12H4Br2O3/c1-37(2,3)22-39(7,8)24-11-14-26(15-12-24)41-31-19-13-25(40(9,10)23-38(4,5)6)21-30(31)27-16-17-28-33-29(36(43)44-35(28)42)18-20-32(41)34(27)33;1-25(2,3)19-27(7,8)21-11-15-23(16-12-21)29-24-17-13-22(14-18-24)28(9,10)20-26(4,5)6;13-7-3-1-5-9-6(12(16)17-11(5)15)2-4-8(14)10(7)9/h11-21H,22-23H2,1-10H3;11-18,29H,19-20H2,1-10H3;1-4H. The molecule has 8 nitrogen and oxygen atoms in total. The van der Waals surface area contributed by atoms with Crippen LogP contribution in [0.5, 0.6) is 0 Å². The van der Waals surface area contributed by atoms with Crippen LogP contribution in [-0.4, -0.2) is 16.5 Å². The van der Waals surface area contributed by atoms with Crippen LogP contribution in [0.4, 0.5) is 11.4 Å². The molecular weight excluding hydrogens is 1240 g/mol. The maximum atomic E-state index is 12.9. The number of carbonyl (C=O) groups is 2. The third-order valence-electron chi connectivity index (χ3n) is 17.4. The topological polar surface area (TPSA) is 108 Å². The Kier molecular flexibility index (Phi) is 18.2. The van der Waals surface area contributed by atoms with Gasteiger partial charge in [-0.1, -0.05) is 219 Å². The van der Waals surface area contributed by atoms with Crippen molar-refractivity contribution in [2.45, 2.75) is 186 Å². The molecule has 11 rings (SSSR count). The average molecular weight is 1340 g/mol. The van der Waals surface area contributed by atoms with Crippen LogP contribution in [0.2, 0.25) is 0 Å². The van der Waals surface area contributed by atoms with Gasteiger partial charge in [0.05, 0.1) is 32.9 Å². The largest absolute Gasteiger partial charge is 0.386 e. The van der Waals surface area contributed by atoms with E-state index >= 15 is 0 Å². The van der Waals surface area contributed by atoms with Crippen molar-refractivity contribution in [3.8, 4) is 5.69 Å². The molecule has 0 fully saturated rings. The molecule has 8 aromatic carbocycles. The van der Waals surface area contributed by atoms with Crippen molar-refractivity contribution < 1.29 is 18.7 Å². The summed E-state index contributed by atoms with van der Waals surface area (Å²) in [7, 11) is 0. The molecule has 0 unspecified atom stereocenters. The zero-order valence-corrected chi connectivity index (χ0v) is 59.9. The third-order valence-corrected chi connectivity index (χ3v) is 18.7. The fourth-order valence-corrected chi connectivity index (χ4v) is 16.4. The molecule has 3 heterocycles. The number of carbonyl (C=O) groups excluding carboxylic acids is 2. The van der Waals surface area contributed by atoms with E-state index in [1.807, 2.05) is 18.2 Å². The van der Waals surface area contributed by atoms with Gasteiger partial charge in [0.25, 0.3) is 0 Å². The lowest BCUT2D eigenvalue weighted by Crippen LogP contribution is -2.25. The van der Waals surface area contributed by atoms with Crippen molar-refractivity contribution >= 4 is 109 Å². The van der Waals surface area contributed by atoms with E-state index in [1.54, 1.807) is 30.3 Å². The third kappa shape index (κ3) is 14.7. The Bertz CT molecular complexity index is 4320. The minimum Gasteiger partial charge on any atom is -0.386 e. The lowest BCUT2D eigenvalue weighted by Gasteiger charge is -2.33. The van der Waals surface area contributed by atoms with Crippen molar-refractivity contribution in [3.63, 3.8) is 0 Å². The number of anilines is 2. The Labute approximate surface area is 550 Å². The highest BCUT2D eigenvalue weighted by Crippen LogP contribution is 2.45. The fourth-order valence-electron chi connectivity index (χ4n) is 15.1. The van der Waals surface area contributed by atoms with Crippen LogP contribution >= 0.6 is 31.9 Å². The van der Waals surface area contributed by atoms with Crippen molar-refractivity contribution in [3.05, 3.63) is 203 Å². The number of pyridine rings is 1. The average Bonchev–Trinajstić information content (AvgIpc) is 0.711. The van der Waals surface area contributed by atoms with Gasteiger partial charge < -0.3 is 19.0 Å². The Morgan fingerprint density at radius 3 is 1.12 bits per heavy atom. The number of rotatable bonds is 11. The second kappa shape index (κ2) is 24.3. The zero-order valence-electron chi connectivity index (χ0n) is 56.8. The molecule has 10 aromatic rings. The van der Waals surface area contributed by atoms with E-state index in [9.17, 15) is 19.2 Å². The fraction of sp³-hybridized carbons (Fsp3) is 0.400. The van der Waals surface area contributed by atoms with E-state index in [2.05, 4.69) is 276 Å². The van der Waals surface area contributed by atoms with Gasteiger partial charge in [0.1, 0.15) is 0 Å². The number of esters is 2. The van der Waals surface area contributed by atoms with E-state index in [0.717, 1.165) is 71.4 Å². The van der Waals surface area contributed by atoms with Gasteiger partial charge in [0, 0.05) is 52.9 Å². The summed E-state index contributed by atoms with van der Waals surface area (Å²) in [6, 6.07) is 48.2. The van der Waals surface area contributed by atoms with Crippen LogP contribution < -0.4 is 16.6 Å². The lowest BCUT2D eigenvalue weighted by atomic mass is 9.72. The van der Waals surface area contributed by atoms with Crippen molar-refractivity contribution in [2.24, 2.45) is 21.7 Å². The number of hydrogen-bond acceptors (Lipinski definition) is 7. The first-order valence-corrected chi connectivity index (χ1v) is 33.2. The highest BCUT2D eigenvalue weighted by molar-refractivity contribution is 9.11. The monoisotopic (exact) mass is 1330 g/mol. The van der Waals surface area contributed by atoms with Crippen LogP contribution in [0.25, 0.3) is 59.8 Å². The molecule has 2 aromatic heterocycles. The molecule has 0 bridgehead atoms. The number of nitrogens with zero attached hydrogens (tertiary/aromatic N) is 1. The zero-order chi connectivity index (χ0) is 66.2. The SMILES string of the molecule is CC(C)(C)CC(C)(C)c1ccc(-n2c3ccc(C(C)(C)CC(C)(C)C)cc3c3ccc4c(=O)oc(=O)c5ccc2c3c45)cc1.CC(C)(C)CC(C)(C)c1ccc(Nc2ccc(C(C)(C)CC(C)(C)C)cc2)cc1.O=C1OC(=O)c2ccc(Br)c3c(Br)ccc1c23. The summed E-state index contributed by atoms with van der Waals surface area (Å²) in [6.45, 7) is 46.3. The number of hydrogen-bond donors (Lipinski definition) is 1. The van der Waals surface area contributed by atoms with Gasteiger partial charge in [-0.05, 0) is 188 Å². The smallest absolute Gasteiger partial charge is 0.346 e. The second-order valence-electron chi connectivity index (χ2n) is 32.7. The molecule has 0 saturated carbocycles. The molecule has 1 aliphatic rings. The van der Waals surface area contributed by atoms with E-state index in [1.165, 1.54) is 35.1 Å². The molecule has 90 heavy (non-hydrogen) atoms. The molecule has 0 spiro atoms. The number of halogens is 2. The first kappa shape index (κ1) is 67.5. The molecule has 0 saturated heterocycles. The maximum Gasteiger partial charge on any atom is 0.346 e. The van der Waals surface area contributed by atoms with Crippen LogP contribution in [0.3, 0.4) is 0 Å². The number of benzene rings is 8. The predicted molar refractivity (Wildman–Crippen MR) is 385 cm³/mol. The Morgan fingerprint density at radius 2 is 0.711 bits per heavy atom. The molecule has 10 heteroatoms. The molecular formula is C80H92Br2N2O6. The summed E-state index contributed by atoms with van der Waals surface area (Å²) in [5.74, 6) is -1.20. The summed E-state index contributed by atoms with van der Waals surface area (Å²) < 4.78 is 13.7. The summed E-state index contributed by atoms with van der Waals surface area (Å²) >= 11 is 6.83. The quantitative estimate of drug-likeness (QED) is 0.0595. The van der Waals surface area contributed by atoms with E-state index in [0.29, 0.717) is 43.5 Å². The molecule has 472 valence electrons. The first-order chi connectivity index (χ1) is 41.5. The van der Waals surface area contributed by atoms with Gasteiger partial charge in [-0.2, -0.15) is 0 Å². The van der Waals surface area contributed by atoms with E-state index < -0.39 is 23.2 Å². The van der Waals surface area contributed by atoms with Crippen LogP contribution in [-0.2, 0) is 26.4 Å². The van der Waals surface area contributed by atoms with Gasteiger partial charge in [-0.3, -0.25) is 0 Å². The first-order valence-electron chi connectivity index (χ1n) is 31.6. The Morgan fingerprint density at radius 1 is 0.356 bits per heavy atom. The highest BCUT2D eigenvalue weighted by Gasteiger charge is 2.33. The van der Waals surface area contributed by atoms with Crippen LogP contribution in [0, 0.1) is 21.7 Å². The van der Waals surface area contributed by atoms with Gasteiger partial charge >= 0.3 is 23.2 Å². The predicted octanol–water partition coefficient (Wildman–Crippen LogP) is 22.8. The Balaban J connectivity index is 0.000000178. The molecule has 0 atom stereocenters. The molecule has 0 radical (unpaired) electrons. The maximum absolute atomic E-state index is 12.9. The summed E-state index contributed by atoms with van der Waals surface area (Å²) in [6.07, 6.45) is 4.43. The highest BCUT2D eigenvalue weighted by atomic mass is 79.9. The van der Waals surface area contributed by atoms with Gasteiger partial charge in [0.15, 0.2) is 0 Å². The van der Waals surface area contributed by atoms with E-state index in [4.69, 9.17) is 4.42 Å². The molecule has 0 amide bonds. The van der Waals surface area contributed by atoms with Gasteiger partial charge in [-0.15, -0.1) is 0 Å². The van der Waals surface area contributed by atoms with Crippen LogP contribution in [0.1, 0.15) is 207 Å². The summed E-state index contributed by atoms with van der Waals surface area (Å²) in [5, 5.41) is 9.61. The van der Waals surface area contributed by atoms with E-state index in [-0.39, 0.29) is 32.5 Å². The number of cyclic esters (lactones) is 2. The molecule has 1 aliphatic heterocycles. The number of nitrogens with one attached hydrogen (secondary N) is 1. The number of aromatic nitrogens is 1. The second-order valence-corrected chi connectivity index (χ2v) is 34.4. The van der Waals surface area contributed by atoms with Gasteiger partial charge in [-0.25, -0.2) is 19.2 Å². The summed E-state index contributed by atoms with van der Waals surface area (Å²) in [5.41, 5.74) is 11.7. The van der Waals surface area contributed by atoms with Gasteiger partial charge in [0.2, 0.25) is 0 Å². The normalized spacial score (nSPS) is 13.6. The Hall–Kier alpha value is -6.88.